The van der Waals surface area contributed by atoms with Crippen LogP contribution >= 0.6 is 0 Å². The zero-order valence-corrected chi connectivity index (χ0v) is 14.3. The monoisotopic (exact) mass is 343 g/mol. The Kier molecular flexibility index (Phi) is 4.69. The molecule has 0 unspecified atom stereocenters. The van der Waals surface area contributed by atoms with Gasteiger partial charge in [0, 0.05) is 24.8 Å². The van der Waals surface area contributed by atoms with E-state index < -0.39 is 6.09 Å². The fraction of sp³-hybridized carbons (Fsp3) is 0.412. The van der Waals surface area contributed by atoms with Crippen LogP contribution in [0.1, 0.15) is 19.8 Å². The number of carbonyl (C=O) groups excluding carboxylic acids is 2. The highest BCUT2D eigenvalue weighted by atomic mass is 16.5. The molecule has 1 fully saturated rings. The zero-order valence-electron chi connectivity index (χ0n) is 14.3. The summed E-state index contributed by atoms with van der Waals surface area (Å²) in [5.74, 6) is 0.571. The molecule has 0 spiro atoms. The van der Waals surface area contributed by atoms with E-state index in [-0.39, 0.29) is 18.0 Å². The number of amides is 1. The number of hydrogen-bond acceptors (Lipinski definition) is 6. The molecule has 2 aromatic rings. The number of nitrogens with one attached hydrogen (secondary N) is 1. The molecule has 1 N–H and O–H groups in total. The molecule has 8 heteroatoms. The van der Waals surface area contributed by atoms with Gasteiger partial charge in [0.05, 0.1) is 12.5 Å². The molecular weight excluding hydrogens is 322 g/mol. The van der Waals surface area contributed by atoms with Crippen molar-refractivity contribution in [1.29, 1.82) is 0 Å². The Balaban J connectivity index is 1.83. The van der Waals surface area contributed by atoms with Crippen molar-refractivity contribution in [3.05, 3.63) is 31.2 Å². The van der Waals surface area contributed by atoms with Gasteiger partial charge in [0.2, 0.25) is 5.91 Å². The first-order valence-corrected chi connectivity index (χ1v) is 8.15. The molecule has 2 atom stereocenters. The van der Waals surface area contributed by atoms with Crippen LogP contribution in [-0.4, -0.2) is 57.2 Å². The zero-order chi connectivity index (χ0) is 18.0. The van der Waals surface area contributed by atoms with Crippen LogP contribution < -0.4 is 5.32 Å². The molecule has 3 rings (SSSR count). The number of ether oxygens (including phenoxy) is 1. The van der Waals surface area contributed by atoms with E-state index in [0.717, 1.165) is 18.2 Å². The van der Waals surface area contributed by atoms with Crippen LogP contribution in [0.5, 0.6) is 0 Å². The van der Waals surface area contributed by atoms with Gasteiger partial charge in [0.1, 0.15) is 12.1 Å². The molecule has 0 bridgehead atoms. The van der Waals surface area contributed by atoms with Gasteiger partial charge in [-0.2, -0.15) is 0 Å². The van der Waals surface area contributed by atoms with Crippen LogP contribution in [0.2, 0.25) is 0 Å². The van der Waals surface area contributed by atoms with Crippen molar-refractivity contribution in [3.63, 3.8) is 0 Å². The number of rotatable bonds is 3. The minimum absolute atomic E-state index is 0.0660. The number of likely N-dealkylation sites (tertiary alicyclic amines) is 1. The molecular formula is C17H21N5O3. The van der Waals surface area contributed by atoms with Crippen molar-refractivity contribution in [3.8, 4) is 0 Å². The molecule has 0 radical (unpaired) electrons. The third kappa shape index (κ3) is 3.19. The highest BCUT2D eigenvalue weighted by Gasteiger charge is 2.28. The lowest BCUT2D eigenvalue weighted by Crippen LogP contribution is -2.49. The molecule has 0 aliphatic carbocycles. The lowest BCUT2D eigenvalue weighted by molar-refractivity contribution is -0.129. The van der Waals surface area contributed by atoms with Crippen LogP contribution in [0.25, 0.3) is 11.0 Å². The maximum atomic E-state index is 12.0. The minimum Gasteiger partial charge on any atom is -0.452 e. The summed E-state index contributed by atoms with van der Waals surface area (Å²) in [6.07, 6.45) is 5.67. The Hall–Kier alpha value is -2.90. The molecule has 8 nitrogen and oxygen atoms in total. The Morgan fingerprint density at radius 1 is 1.40 bits per heavy atom. The molecule has 3 heterocycles. The van der Waals surface area contributed by atoms with Gasteiger partial charge in [0.15, 0.2) is 5.65 Å². The van der Waals surface area contributed by atoms with Gasteiger partial charge in [0.25, 0.3) is 0 Å². The number of nitrogens with zero attached hydrogens (tertiary/aromatic N) is 4. The van der Waals surface area contributed by atoms with Gasteiger partial charge >= 0.3 is 6.09 Å². The quantitative estimate of drug-likeness (QED) is 0.858. The number of anilines is 1. The number of methoxy groups -OCH3 is 1. The molecule has 1 amide bonds. The SMILES string of the molecule is C=CC(=O)N1C[C@H](Nc2ncnc3c2ccn3C(=O)OC)CC[C@@H]1C. The highest BCUT2D eigenvalue weighted by molar-refractivity contribution is 5.93. The fourth-order valence-corrected chi connectivity index (χ4v) is 3.15. The maximum absolute atomic E-state index is 12.0. The second kappa shape index (κ2) is 6.92. The van der Waals surface area contributed by atoms with Crippen molar-refractivity contribution >= 4 is 28.9 Å². The standard InChI is InChI=1S/C17H21N5O3/c1-4-14(23)22-9-12(6-5-11(22)2)20-15-13-7-8-21(17(24)25-3)16(13)19-10-18-15/h4,7-8,10-12H,1,5-6,9H2,2-3H3,(H,18,19,20)/t11-,12+/m0/s1. The number of hydrogen-bond donors (Lipinski definition) is 1. The van der Waals surface area contributed by atoms with E-state index in [4.69, 9.17) is 4.74 Å². The number of aromatic nitrogens is 3. The molecule has 1 saturated heterocycles. The molecule has 1 aliphatic heterocycles. The molecule has 132 valence electrons. The summed E-state index contributed by atoms with van der Waals surface area (Å²) < 4.78 is 6.08. The summed E-state index contributed by atoms with van der Waals surface area (Å²) in [7, 11) is 1.32. The van der Waals surface area contributed by atoms with E-state index >= 15 is 0 Å². The first-order chi connectivity index (χ1) is 12.0. The summed E-state index contributed by atoms with van der Waals surface area (Å²) in [6, 6.07) is 2.03. The van der Waals surface area contributed by atoms with E-state index in [1.165, 1.54) is 24.1 Å². The van der Waals surface area contributed by atoms with Gasteiger partial charge in [-0.15, -0.1) is 0 Å². The third-order valence-electron chi connectivity index (χ3n) is 4.53. The van der Waals surface area contributed by atoms with Crippen molar-refractivity contribution in [1.82, 2.24) is 19.4 Å². The lowest BCUT2D eigenvalue weighted by atomic mass is 9.99. The van der Waals surface area contributed by atoms with E-state index in [1.54, 1.807) is 12.3 Å². The Bertz CT molecular complexity index is 816. The molecule has 1 aliphatic rings. The number of piperidine rings is 1. The highest BCUT2D eigenvalue weighted by Crippen LogP contribution is 2.25. The molecule has 0 aromatic carbocycles. The summed E-state index contributed by atoms with van der Waals surface area (Å²) in [5, 5.41) is 4.11. The maximum Gasteiger partial charge on any atom is 0.419 e. The fourth-order valence-electron chi connectivity index (χ4n) is 3.15. The molecule has 2 aromatic heterocycles. The second-order valence-corrected chi connectivity index (χ2v) is 6.08. The lowest BCUT2D eigenvalue weighted by Gasteiger charge is -2.38. The van der Waals surface area contributed by atoms with Crippen LogP contribution in [0.3, 0.4) is 0 Å². The first kappa shape index (κ1) is 16.9. The van der Waals surface area contributed by atoms with Crippen LogP contribution in [-0.2, 0) is 9.53 Å². The van der Waals surface area contributed by atoms with Gasteiger partial charge in [-0.3, -0.25) is 4.79 Å². The van der Waals surface area contributed by atoms with Gasteiger partial charge in [-0.25, -0.2) is 19.3 Å². The predicted octanol–water partition coefficient (Wildman–Crippen LogP) is 2.02. The summed E-state index contributed by atoms with van der Waals surface area (Å²) in [6.45, 7) is 6.19. The topological polar surface area (TPSA) is 89.4 Å². The van der Waals surface area contributed by atoms with Crippen LogP contribution in [0.15, 0.2) is 31.2 Å². The van der Waals surface area contributed by atoms with Crippen molar-refractivity contribution in [2.24, 2.45) is 0 Å². The average molecular weight is 343 g/mol. The van der Waals surface area contributed by atoms with Gasteiger partial charge in [-0.1, -0.05) is 6.58 Å². The molecule has 0 saturated carbocycles. The summed E-state index contributed by atoms with van der Waals surface area (Å²) in [5.41, 5.74) is 0.479. The van der Waals surface area contributed by atoms with Crippen LogP contribution in [0.4, 0.5) is 10.6 Å². The smallest absolute Gasteiger partial charge is 0.419 e. The van der Waals surface area contributed by atoms with E-state index in [9.17, 15) is 9.59 Å². The Labute approximate surface area is 145 Å². The van der Waals surface area contributed by atoms with Crippen molar-refractivity contribution in [2.75, 3.05) is 19.0 Å². The first-order valence-electron chi connectivity index (χ1n) is 8.15. The van der Waals surface area contributed by atoms with Crippen molar-refractivity contribution in [2.45, 2.75) is 31.8 Å². The number of fused-ring (bicyclic) bond motifs is 1. The predicted molar refractivity (Wildman–Crippen MR) is 93.3 cm³/mol. The van der Waals surface area contributed by atoms with Gasteiger partial charge in [-0.05, 0) is 31.9 Å². The van der Waals surface area contributed by atoms with Crippen molar-refractivity contribution < 1.29 is 14.3 Å². The minimum atomic E-state index is -0.506. The van der Waals surface area contributed by atoms with Gasteiger partial charge < -0.3 is 15.0 Å². The normalized spacial score (nSPS) is 20.3. The molecule has 25 heavy (non-hydrogen) atoms. The van der Waals surface area contributed by atoms with E-state index in [1.807, 2.05) is 11.8 Å². The second-order valence-electron chi connectivity index (χ2n) is 6.08. The largest absolute Gasteiger partial charge is 0.452 e. The average Bonchev–Trinajstić information content (AvgIpc) is 3.07. The summed E-state index contributed by atoms with van der Waals surface area (Å²) in [4.78, 5) is 34.1. The summed E-state index contributed by atoms with van der Waals surface area (Å²) >= 11 is 0. The van der Waals surface area contributed by atoms with E-state index in [2.05, 4.69) is 21.9 Å². The van der Waals surface area contributed by atoms with Crippen LogP contribution in [0, 0.1) is 0 Å². The Morgan fingerprint density at radius 2 is 2.20 bits per heavy atom. The third-order valence-corrected chi connectivity index (χ3v) is 4.53. The van der Waals surface area contributed by atoms with E-state index in [0.29, 0.717) is 18.0 Å². The number of carbonyl (C=O) groups is 2. The Morgan fingerprint density at radius 3 is 2.92 bits per heavy atom.